The van der Waals surface area contributed by atoms with Gasteiger partial charge in [0.1, 0.15) is 0 Å². The molecule has 0 aromatic heterocycles. The Kier molecular flexibility index (Phi) is 7.37. The van der Waals surface area contributed by atoms with Gasteiger partial charge >= 0.3 is 0 Å². The minimum absolute atomic E-state index is 0.165. The summed E-state index contributed by atoms with van der Waals surface area (Å²) in [5, 5.41) is 0. The van der Waals surface area contributed by atoms with Gasteiger partial charge in [-0.1, -0.05) is 13.0 Å². The molecule has 5 nitrogen and oxygen atoms in total. The standard InChI is InChI=1S/C19H29NO4/c1-4-12-24-16-6-5-10-20(11-9-16)19(21)14-15-7-8-17(22-2)18(13-15)23-3/h7-8,13,16H,4-6,9-12,14H2,1-3H3/t16-/m1/s1. The highest BCUT2D eigenvalue weighted by atomic mass is 16.5. The smallest absolute Gasteiger partial charge is 0.226 e. The molecule has 0 spiro atoms. The first-order chi connectivity index (χ1) is 11.7. The van der Waals surface area contributed by atoms with Gasteiger partial charge in [0.2, 0.25) is 5.91 Å². The van der Waals surface area contributed by atoms with E-state index in [0.717, 1.165) is 50.9 Å². The second kappa shape index (κ2) is 9.52. The molecule has 0 bridgehead atoms. The van der Waals surface area contributed by atoms with Gasteiger partial charge < -0.3 is 19.1 Å². The molecule has 0 saturated carbocycles. The number of nitrogens with zero attached hydrogens (tertiary/aromatic N) is 1. The molecule has 5 heteroatoms. The van der Waals surface area contributed by atoms with Crippen molar-refractivity contribution < 1.29 is 19.0 Å². The first kappa shape index (κ1) is 18.6. The number of methoxy groups -OCH3 is 2. The molecule has 1 aromatic rings. The van der Waals surface area contributed by atoms with Crippen molar-refractivity contribution in [2.75, 3.05) is 33.9 Å². The number of rotatable bonds is 7. The van der Waals surface area contributed by atoms with Crippen molar-refractivity contribution in [3.63, 3.8) is 0 Å². The van der Waals surface area contributed by atoms with Crippen LogP contribution in [0, 0.1) is 0 Å². The summed E-state index contributed by atoms with van der Waals surface area (Å²) < 4.78 is 16.4. The van der Waals surface area contributed by atoms with Crippen LogP contribution in [-0.4, -0.2) is 50.8 Å². The molecule has 1 saturated heterocycles. The molecule has 1 aliphatic rings. The number of hydrogen-bond donors (Lipinski definition) is 0. The topological polar surface area (TPSA) is 48.0 Å². The second-order valence-electron chi connectivity index (χ2n) is 6.17. The van der Waals surface area contributed by atoms with Crippen LogP contribution in [0.5, 0.6) is 11.5 Å². The highest BCUT2D eigenvalue weighted by Gasteiger charge is 2.21. The van der Waals surface area contributed by atoms with Crippen LogP contribution < -0.4 is 9.47 Å². The van der Waals surface area contributed by atoms with Crippen molar-refractivity contribution in [1.29, 1.82) is 0 Å². The van der Waals surface area contributed by atoms with Crippen LogP contribution in [0.3, 0.4) is 0 Å². The summed E-state index contributed by atoms with van der Waals surface area (Å²) in [5.41, 5.74) is 0.945. The van der Waals surface area contributed by atoms with Crippen LogP contribution in [0.25, 0.3) is 0 Å². The molecule has 1 aromatic carbocycles. The van der Waals surface area contributed by atoms with Crippen LogP contribution in [0.2, 0.25) is 0 Å². The summed E-state index contributed by atoms with van der Waals surface area (Å²) in [5.74, 6) is 1.50. The predicted molar refractivity (Wildman–Crippen MR) is 93.7 cm³/mol. The summed E-state index contributed by atoms with van der Waals surface area (Å²) in [6.45, 7) is 4.53. The summed E-state index contributed by atoms with van der Waals surface area (Å²) >= 11 is 0. The van der Waals surface area contributed by atoms with Crippen LogP contribution in [0.15, 0.2) is 18.2 Å². The number of amides is 1. The molecular weight excluding hydrogens is 306 g/mol. The van der Waals surface area contributed by atoms with Gasteiger partial charge in [-0.25, -0.2) is 0 Å². The minimum Gasteiger partial charge on any atom is -0.493 e. The van der Waals surface area contributed by atoms with E-state index in [0.29, 0.717) is 24.0 Å². The number of ether oxygens (including phenoxy) is 3. The molecule has 1 fully saturated rings. The Bertz CT molecular complexity index is 532. The summed E-state index contributed by atoms with van der Waals surface area (Å²) in [6, 6.07) is 5.64. The number of carbonyl (C=O) groups is 1. The molecule has 2 rings (SSSR count). The molecule has 0 aliphatic carbocycles. The van der Waals surface area contributed by atoms with E-state index in [1.165, 1.54) is 0 Å². The third-order valence-corrected chi connectivity index (χ3v) is 4.39. The Morgan fingerprint density at radius 1 is 1.17 bits per heavy atom. The van der Waals surface area contributed by atoms with Gasteiger partial charge in [0.15, 0.2) is 11.5 Å². The fraction of sp³-hybridized carbons (Fsp3) is 0.632. The van der Waals surface area contributed by atoms with Gasteiger partial charge in [-0.15, -0.1) is 0 Å². The third kappa shape index (κ3) is 5.13. The number of hydrogen-bond acceptors (Lipinski definition) is 4. The van der Waals surface area contributed by atoms with Gasteiger partial charge in [0.25, 0.3) is 0 Å². The zero-order valence-corrected chi connectivity index (χ0v) is 15.0. The van der Waals surface area contributed by atoms with Gasteiger partial charge in [-0.3, -0.25) is 4.79 Å². The molecule has 0 radical (unpaired) electrons. The van der Waals surface area contributed by atoms with E-state index in [4.69, 9.17) is 14.2 Å². The average molecular weight is 335 g/mol. The Morgan fingerprint density at radius 3 is 2.67 bits per heavy atom. The van der Waals surface area contributed by atoms with E-state index in [2.05, 4.69) is 6.92 Å². The van der Waals surface area contributed by atoms with E-state index in [-0.39, 0.29) is 5.91 Å². The van der Waals surface area contributed by atoms with Crippen LogP contribution in [0.4, 0.5) is 0 Å². The van der Waals surface area contributed by atoms with E-state index < -0.39 is 0 Å². The van der Waals surface area contributed by atoms with E-state index in [1.54, 1.807) is 14.2 Å². The zero-order chi connectivity index (χ0) is 17.4. The highest BCUT2D eigenvalue weighted by Crippen LogP contribution is 2.28. The predicted octanol–water partition coefficient (Wildman–Crippen LogP) is 3.05. The molecule has 1 amide bonds. The maximum Gasteiger partial charge on any atom is 0.226 e. The average Bonchev–Trinajstić information content (AvgIpc) is 2.85. The van der Waals surface area contributed by atoms with Gasteiger partial charge in [0, 0.05) is 19.7 Å². The van der Waals surface area contributed by atoms with Crippen LogP contribution in [-0.2, 0) is 16.0 Å². The lowest BCUT2D eigenvalue weighted by atomic mass is 10.1. The molecule has 0 unspecified atom stereocenters. The van der Waals surface area contributed by atoms with E-state index in [1.807, 2.05) is 23.1 Å². The van der Waals surface area contributed by atoms with Crippen molar-refractivity contribution in [2.45, 2.75) is 45.1 Å². The van der Waals surface area contributed by atoms with Crippen LogP contribution >= 0.6 is 0 Å². The number of carbonyl (C=O) groups excluding carboxylic acids is 1. The van der Waals surface area contributed by atoms with Crippen molar-refractivity contribution in [1.82, 2.24) is 4.90 Å². The second-order valence-corrected chi connectivity index (χ2v) is 6.17. The third-order valence-electron chi connectivity index (χ3n) is 4.39. The van der Waals surface area contributed by atoms with Crippen molar-refractivity contribution in [2.24, 2.45) is 0 Å². The maximum atomic E-state index is 12.6. The zero-order valence-electron chi connectivity index (χ0n) is 15.0. The SMILES string of the molecule is CCCO[C@@H]1CCCN(C(=O)Cc2ccc(OC)c(OC)c2)CC1. The summed E-state index contributed by atoms with van der Waals surface area (Å²) in [6.07, 6.45) is 4.70. The Hall–Kier alpha value is -1.75. The van der Waals surface area contributed by atoms with Gasteiger partial charge in [-0.2, -0.15) is 0 Å². The highest BCUT2D eigenvalue weighted by molar-refractivity contribution is 5.79. The van der Waals surface area contributed by atoms with Crippen LogP contribution in [0.1, 0.15) is 38.2 Å². The first-order valence-corrected chi connectivity index (χ1v) is 8.78. The lowest BCUT2D eigenvalue weighted by Crippen LogP contribution is -2.33. The Balaban J connectivity index is 1.92. The Morgan fingerprint density at radius 2 is 1.96 bits per heavy atom. The quantitative estimate of drug-likeness (QED) is 0.768. The number of likely N-dealkylation sites (tertiary alicyclic amines) is 1. The van der Waals surface area contributed by atoms with E-state index >= 15 is 0 Å². The largest absolute Gasteiger partial charge is 0.493 e. The molecule has 1 aliphatic heterocycles. The molecule has 1 atom stereocenters. The maximum absolute atomic E-state index is 12.6. The molecule has 1 heterocycles. The molecule has 24 heavy (non-hydrogen) atoms. The Labute approximate surface area is 144 Å². The summed E-state index contributed by atoms with van der Waals surface area (Å²) in [4.78, 5) is 14.6. The normalized spacial score (nSPS) is 18.1. The van der Waals surface area contributed by atoms with E-state index in [9.17, 15) is 4.79 Å². The minimum atomic E-state index is 0.165. The lowest BCUT2D eigenvalue weighted by Gasteiger charge is -2.21. The monoisotopic (exact) mass is 335 g/mol. The van der Waals surface area contributed by atoms with Crippen molar-refractivity contribution in [3.05, 3.63) is 23.8 Å². The lowest BCUT2D eigenvalue weighted by molar-refractivity contribution is -0.130. The fourth-order valence-electron chi connectivity index (χ4n) is 3.04. The molecular formula is C19H29NO4. The first-order valence-electron chi connectivity index (χ1n) is 8.78. The van der Waals surface area contributed by atoms with Crippen molar-refractivity contribution >= 4 is 5.91 Å². The number of benzene rings is 1. The fourth-order valence-corrected chi connectivity index (χ4v) is 3.04. The van der Waals surface area contributed by atoms with Gasteiger partial charge in [0.05, 0.1) is 26.7 Å². The summed E-state index contributed by atoms with van der Waals surface area (Å²) in [7, 11) is 3.21. The van der Waals surface area contributed by atoms with Gasteiger partial charge in [-0.05, 0) is 43.4 Å². The van der Waals surface area contributed by atoms with Crippen molar-refractivity contribution in [3.8, 4) is 11.5 Å². The molecule has 0 N–H and O–H groups in total. The molecule has 134 valence electrons.